The molecular weight excluding hydrogens is 372 g/mol. The van der Waals surface area contributed by atoms with Crippen LogP contribution in [-0.2, 0) is 11.2 Å². The van der Waals surface area contributed by atoms with Crippen molar-refractivity contribution in [2.24, 2.45) is 0 Å². The molecular formula is C23H21ClN2O2. The Hall–Kier alpha value is -3.11. The van der Waals surface area contributed by atoms with Gasteiger partial charge in [-0.1, -0.05) is 54.1 Å². The van der Waals surface area contributed by atoms with Gasteiger partial charge in [0.05, 0.1) is 17.1 Å². The van der Waals surface area contributed by atoms with Gasteiger partial charge in [-0.3, -0.25) is 9.59 Å². The van der Waals surface area contributed by atoms with Crippen molar-refractivity contribution in [3.8, 4) is 0 Å². The molecule has 142 valence electrons. The molecule has 0 spiro atoms. The van der Waals surface area contributed by atoms with Crippen LogP contribution in [0, 0.1) is 13.8 Å². The molecule has 2 amide bonds. The molecule has 0 saturated carbocycles. The molecule has 0 aliphatic carbocycles. The highest BCUT2D eigenvalue weighted by molar-refractivity contribution is 6.34. The number of benzene rings is 3. The maximum absolute atomic E-state index is 12.7. The van der Waals surface area contributed by atoms with Gasteiger partial charge in [-0.25, -0.2) is 0 Å². The van der Waals surface area contributed by atoms with Crippen molar-refractivity contribution in [2.75, 3.05) is 10.6 Å². The summed E-state index contributed by atoms with van der Waals surface area (Å²) >= 11 is 6.21. The Balaban J connectivity index is 1.74. The molecule has 0 saturated heterocycles. The number of rotatable bonds is 5. The summed E-state index contributed by atoms with van der Waals surface area (Å²) in [6.07, 6.45) is 0.232. The minimum absolute atomic E-state index is 0.194. The summed E-state index contributed by atoms with van der Waals surface area (Å²) in [5.41, 5.74) is 4.61. The van der Waals surface area contributed by atoms with Crippen molar-refractivity contribution in [1.29, 1.82) is 0 Å². The number of aryl methyl sites for hydroxylation is 1. The first-order valence-electron chi connectivity index (χ1n) is 8.95. The van der Waals surface area contributed by atoms with Crippen LogP contribution in [0.2, 0.25) is 5.02 Å². The molecule has 0 bridgehead atoms. The molecule has 0 aromatic heterocycles. The quantitative estimate of drug-likeness (QED) is 0.611. The minimum Gasteiger partial charge on any atom is -0.324 e. The van der Waals surface area contributed by atoms with Crippen LogP contribution in [0.25, 0.3) is 0 Å². The molecule has 0 unspecified atom stereocenters. The van der Waals surface area contributed by atoms with Crippen molar-refractivity contribution in [1.82, 2.24) is 0 Å². The van der Waals surface area contributed by atoms with Crippen LogP contribution in [-0.4, -0.2) is 11.8 Å². The molecule has 0 aliphatic rings. The van der Waals surface area contributed by atoms with E-state index in [9.17, 15) is 9.59 Å². The molecule has 0 radical (unpaired) electrons. The molecule has 2 N–H and O–H groups in total. The van der Waals surface area contributed by atoms with Gasteiger partial charge in [-0.2, -0.15) is 0 Å². The van der Waals surface area contributed by atoms with Gasteiger partial charge in [0.25, 0.3) is 5.91 Å². The third-order valence-corrected chi connectivity index (χ3v) is 4.89. The average molecular weight is 393 g/mol. The number of nitrogens with one attached hydrogen (secondary N) is 2. The fourth-order valence-corrected chi connectivity index (χ4v) is 2.98. The second-order valence-corrected chi connectivity index (χ2v) is 7.01. The second kappa shape index (κ2) is 8.72. The molecule has 0 heterocycles. The van der Waals surface area contributed by atoms with Crippen molar-refractivity contribution < 1.29 is 9.59 Å². The van der Waals surface area contributed by atoms with Gasteiger partial charge in [0.15, 0.2) is 0 Å². The van der Waals surface area contributed by atoms with E-state index in [0.717, 1.165) is 22.4 Å². The smallest absolute Gasteiger partial charge is 0.255 e. The molecule has 5 heteroatoms. The van der Waals surface area contributed by atoms with E-state index < -0.39 is 0 Å². The van der Waals surface area contributed by atoms with Crippen LogP contribution in [0.1, 0.15) is 27.0 Å². The standard InChI is InChI=1S/C23H21ClN2O2/c1-15-7-6-10-20(16(15)2)26-23(28)18-11-12-19(24)21(14-18)25-22(27)13-17-8-4-3-5-9-17/h3-12,14H,13H2,1-2H3,(H,25,27)(H,26,28). The molecule has 3 aromatic carbocycles. The summed E-state index contributed by atoms with van der Waals surface area (Å²) in [4.78, 5) is 25.0. The number of hydrogen-bond acceptors (Lipinski definition) is 2. The van der Waals surface area contributed by atoms with Crippen molar-refractivity contribution in [3.63, 3.8) is 0 Å². The first-order chi connectivity index (χ1) is 13.4. The molecule has 4 nitrogen and oxygen atoms in total. The van der Waals surface area contributed by atoms with Crippen LogP contribution in [0.3, 0.4) is 0 Å². The molecule has 3 rings (SSSR count). The average Bonchev–Trinajstić information content (AvgIpc) is 2.68. The summed E-state index contributed by atoms with van der Waals surface area (Å²) in [6.45, 7) is 3.95. The molecule has 0 aliphatic heterocycles. The fraction of sp³-hybridized carbons (Fsp3) is 0.130. The van der Waals surface area contributed by atoms with Gasteiger partial charge in [-0.05, 0) is 54.8 Å². The van der Waals surface area contributed by atoms with Gasteiger partial charge < -0.3 is 10.6 Å². The van der Waals surface area contributed by atoms with E-state index in [4.69, 9.17) is 11.6 Å². The van der Waals surface area contributed by atoms with E-state index >= 15 is 0 Å². The summed E-state index contributed by atoms with van der Waals surface area (Å²) in [5.74, 6) is -0.455. The molecule has 3 aromatic rings. The van der Waals surface area contributed by atoms with Crippen LogP contribution in [0.4, 0.5) is 11.4 Å². The zero-order valence-corrected chi connectivity index (χ0v) is 16.5. The lowest BCUT2D eigenvalue weighted by molar-refractivity contribution is -0.115. The van der Waals surface area contributed by atoms with Gasteiger partial charge in [0, 0.05) is 11.3 Å². The highest BCUT2D eigenvalue weighted by Gasteiger charge is 2.13. The zero-order chi connectivity index (χ0) is 20.1. The summed E-state index contributed by atoms with van der Waals surface area (Å²) < 4.78 is 0. The van der Waals surface area contributed by atoms with E-state index in [0.29, 0.717) is 16.3 Å². The predicted octanol–water partition coefficient (Wildman–Crippen LogP) is 5.39. The number of anilines is 2. The van der Waals surface area contributed by atoms with Gasteiger partial charge in [0.1, 0.15) is 0 Å². The van der Waals surface area contributed by atoms with E-state index in [-0.39, 0.29) is 18.2 Å². The molecule has 0 atom stereocenters. The van der Waals surface area contributed by atoms with Crippen LogP contribution in [0.5, 0.6) is 0 Å². The van der Waals surface area contributed by atoms with E-state index in [1.54, 1.807) is 18.2 Å². The van der Waals surface area contributed by atoms with E-state index in [2.05, 4.69) is 10.6 Å². The largest absolute Gasteiger partial charge is 0.324 e. The van der Waals surface area contributed by atoms with Gasteiger partial charge in [0.2, 0.25) is 5.91 Å². The third-order valence-electron chi connectivity index (χ3n) is 4.56. The highest BCUT2D eigenvalue weighted by Crippen LogP contribution is 2.25. The van der Waals surface area contributed by atoms with Crippen LogP contribution >= 0.6 is 11.6 Å². The highest BCUT2D eigenvalue weighted by atomic mass is 35.5. The predicted molar refractivity (Wildman–Crippen MR) is 114 cm³/mol. The first kappa shape index (κ1) is 19.6. The monoisotopic (exact) mass is 392 g/mol. The SMILES string of the molecule is Cc1cccc(NC(=O)c2ccc(Cl)c(NC(=O)Cc3ccccc3)c2)c1C. The Morgan fingerprint density at radius 3 is 2.36 bits per heavy atom. The number of hydrogen-bond donors (Lipinski definition) is 2. The van der Waals surface area contributed by atoms with Gasteiger partial charge in [-0.15, -0.1) is 0 Å². The Kier molecular flexibility index (Phi) is 6.12. The zero-order valence-electron chi connectivity index (χ0n) is 15.8. The molecule has 28 heavy (non-hydrogen) atoms. The Labute approximate surface area is 169 Å². The lowest BCUT2D eigenvalue weighted by atomic mass is 10.1. The summed E-state index contributed by atoms with van der Waals surface area (Å²) in [5, 5.41) is 6.08. The second-order valence-electron chi connectivity index (χ2n) is 6.61. The maximum Gasteiger partial charge on any atom is 0.255 e. The topological polar surface area (TPSA) is 58.2 Å². The van der Waals surface area contributed by atoms with Gasteiger partial charge >= 0.3 is 0 Å². The minimum atomic E-state index is -0.260. The Bertz CT molecular complexity index is 1020. The van der Waals surface area contributed by atoms with Crippen molar-refractivity contribution >= 4 is 34.8 Å². The summed E-state index contributed by atoms with van der Waals surface area (Å²) in [7, 11) is 0. The first-order valence-corrected chi connectivity index (χ1v) is 9.33. The molecule has 0 fully saturated rings. The summed E-state index contributed by atoms with van der Waals surface area (Å²) in [6, 6.07) is 20.0. The van der Waals surface area contributed by atoms with Crippen LogP contribution < -0.4 is 10.6 Å². The lowest BCUT2D eigenvalue weighted by Crippen LogP contribution is -2.16. The Morgan fingerprint density at radius 1 is 0.857 bits per heavy atom. The maximum atomic E-state index is 12.7. The van der Waals surface area contributed by atoms with E-state index in [1.807, 2.05) is 62.4 Å². The number of carbonyl (C=O) groups is 2. The van der Waals surface area contributed by atoms with E-state index in [1.165, 1.54) is 0 Å². The lowest BCUT2D eigenvalue weighted by Gasteiger charge is -2.12. The van der Waals surface area contributed by atoms with Crippen LogP contribution in [0.15, 0.2) is 66.7 Å². The number of carbonyl (C=O) groups excluding carboxylic acids is 2. The fourth-order valence-electron chi connectivity index (χ4n) is 2.82. The Morgan fingerprint density at radius 2 is 1.61 bits per heavy atom. The van der Waals surface area contributed by atoms with Crippen molar-refractivity contribution in [3.05, 3.63) is 94.0 Å². The van der Waals surface area contributed by atoms with Crippen molar-refractivity contribution in [2.45, 2.75) is 20.3 Å². The number of halogens is 1. The third kappa shape index (κ3) is 4.78. The number of amides is 2. The normalized spacial score (nSPS) is 10.4.